The summed E-state index contributed by atoms with van der Waals surface area (Å²) in [5, 5.41) is 45.9. The predicted octanol–water partition coefficient (Wildman–Crippen LogP) is -7.51. The molecule has 2 aliphatic rings. The number of amides is 13. The van der Waals surface area contributed by atoms with Crippen LogP contribution in [0.3, 0.4) is 0 Å². The fraction of sp³-hybridized carbons (Fsp3) is 0.538. The summed E-state index contributed by atoms with van der Waals surface area (Å²) in [7, 11) is 0. The molecule has 38 nitrogen and oxygen atoms in total. The van der Waals surface area contributed by atoms with Crippen LogP contribution in [-0.4, -0.2) is 238 Å². The number of para-hydroxylation sites is 1. The van der Waals surface area contributed by atoms with Crippen LogP contribution in [0.4, 0.5) is 0 Å². The molecule has 13 amide bonds. The van der Waals surface area contributed by atoms with Gasteiger partial charge in [0.15, 0.2) is 17.9 Å². The van der Waals surface area contributed by atoms with Gasteiger partial charge in [0.25, 0.3) is 0 Å². The average Bonchev–Trinajstić information content (AvgIpc) is 1.74. The van der Waals surface area contributed by atoms with Gasteiger partial charge in [-0.2, -0.15) is 0 Å². The molecule has 103 heavy (non-hydrogen) atoms. The molecule has 5 rings (SSSR count). The largest absolute Gasteiger partial charge is 0.394 e. The fourth-order valence-corrected chi connectivity index (χ4v) is 11.6. The molecule has 0 unspecified atom stereocenters. The number of aliphatic imine (C=N–C) groups is 3. The van der Waals surface area contributed by atoms with Crippen molar-refractivity contribution in [1.82, 2.24) is 68.0 Å². The van der Waals surface area contributed by atoms with Gasteiger partial charge in [-0.3, -0.25) is 77.3 Å². The Bertz CT molecular complexity index is 3560. The molecule has 27 N–H and O–H groups in total. The van der Waals surface area contributed by atoms with Crippen LogP contribution in [0.2, 0.25) is 0 Å². The molecule has 2 aromatic carbocycles. The van der Waals surface area contributed by atoms with Crippen LogP contribution in [0, 0.1) is 0 Å². The first-order valence-electron chi connectivity index (χ1n) is 33.8. The van der Waals surface area contributed by atoms with Gasteiger partial charge in [0.2, 0.25) is 76.8 Å². The molecule has 1 aromatic heterocycles. The topological polar surface area (TPSA) is 624 Å². The van der Waals surface area contributed by atoms with Crippen LogP contribution in [0.25, 0.3) is 10.9 Å². The number of benzene rings is 2. The zero-order chi connectivity index (χ0) is 76.0. The van der Waals surface area contributed by atoms with E-state index in [1.54, 1.807) is 60.8 Å². The van der Waals surface area contributed by atoms with E-state index in [1.165, 1.54) is 30.6 Å². The minimum atomic E-state index is -1.51. The molecule has 0 spiro atoms. The number of guanidine groups is 3. The number of hydrogen-bond acceptors (Lipinski definition) is 18. The van der Waals surface area contributed by atoms with E-state index in [-0.39, 0.29) is 115 Å². The third-order valence-electron chi connectivity index (χ3n) is 16.9. The first kappa shape index (κ1) is 82.5. The molecule has 0 radical (unpaired) electrons. The summed E-state index contributed by atoms with van der Waals surface area (Å²) in [5.41, 5.74) is 40.6. The van der Waals surface area contributed by atoms with E-state index in [1.807, 2.05) is 0 Å². The van der Waals surface area contributed by atoms with Gasteiger partial charge in [0.05, 0.1) is 19.3 Å². The number of carbonyl (C=O) groups is 13. The number of H-pyrrole nitrogens is 1. The normalized spacial score (nSPS) is 16.9. The zero-order valence-electron chi connectivity index (χ0n) is 58.1. The second kappa shape index (κ2) is 40.9. The molecule has 2 saturated heterocycles. The van der Waals surface area contributed by atoms with Crippen molar-refractivity contribution in [3.05, 3.63) is 71.9 Å². The van der Waals surface area contributed by atoms with E-state index in [4.69, 9.17) is 40.1 Å². The highest BCUT2D eigenvalue weighted by Gasteiger charge is 2.42. The molecule has 12 atom stereocenters. The van der Waals surface area contributed by atoms with E-state index < -0.39 is 163 Å². The van der Waals surface area contributed by atoms with Crippen molar-refractivity contribution in [1.29, 1.82) is 0 Å². The summed E-state index contributed by atoms with van der Waals surface area (Å²) in [5.74, 6) is -11.4. The van der Waals surface area contributed by atoms with E-state index in [2.05, 4.69) is 73.1 Å². The lowest BCUT2D eigenvalue weighted by molar-refractivity contribution is -0.143. The molecule has 564 valence electrons. The average molecular weight is 1440 g/mol. The highest BCUT2D eigenvalue weighted by atomic mass is 16.3. The van der Waals surface area contributed by atoms with Crippen LogP contribution in [0.1, 0.15) is 103 Å². The smallest absolute Gasteiger partial charge is 0.246 e. The Morgan fingerprint density at radius 2 is 0.981 bits per heavy atom. The zero-order valence-corrected chi connectivity index (χ0v) is 58.1. The highest BCUT2D eigenvalue weighted by molar-refractivity contribution is 6.00. The minimum Gasteiger partial charge on any atom is -0.394 e. The molecular weight excluding hydrogens is 1340 g/mol. The quantitative estimate of drug-likeness (QED) is 0.0143. The summed E-state index contributed by atoms with van der Waals surface area (Å²) >= 11 is 0. The van der Waals surface area contributed by atoms with Gasteiger partial charge < -0.3 is 118 Å². The van der Waals surface area contributed by atoms with Gasteiger partial charge in [-0.1, -0.05) is 48.5 Å². The van der Waals surface area contributed by atoms with Crippen molar-refractivity contribution in [2.45, 2.75) is 177 Å². The number of hydrogen-bond donors (Lipinski definition) is 20. The maximum atomic E-state index is 15.1. The van der Waals surface area contributed by atoms with Gasteiger partial charge in [0, 0.05) is 69.6 Å². The van der Waals surface area contributed by atoms with Gasteiger partial charge in [-0.25, -0.2) is 0 Å². The Morgan fingerprint density at radius 1 is 0.524 bits per heavy atom. The van der Waals surface area contributed by atoms with Crippen molar-refractivity contribution < 1.29 is 72.5 Å². The lowest BCUT2D eigenvalue weighted by Crippen LogP contribution is -2.60. The molecule has 0 aliphatic carbocycles. The lowest BCUT2D eigenvalue weighted by Gasteiger charge is -2.31. The van der Waals surface area contributed by atoms with E-state index >= 15 is 14.4 Å². The number of nitrogens with one attached hydrogen (secondary N) is 11. The lowest BCUT2D eigenvalue weighted by atomic mass is 10.0. The molecule has 2 aliphatic heterocycles. The number of aromatic amines is 1. The number of nitrogens with two attached hydrogens (primary N) is 7. The number of fused-ring (bicyclic) bond motifs is 1. The maximum absolute atomic E-state index is 15.1. The summed E-state index contributed by atoms with van der Waals surface area (Å²) in [6.45, 7) is 3.73. The number of rotatable bonds is 40. The van der Waals surface area contributed by atoms with Gasteiger partial charge in [-0.15, -0.1) is 0 Å². The summed E-state index contributed by atoms with van der Waals surface area (Å²) in [6, 6.07) is 0.746. The summed E-state index contributed by atoms with van der Waals surface area (Å²) in [6.07, 6.45) is 0.963. The fourth-order valence-electron chi connectivity index (χ4n) is 11.6. The Kier molecular flexibility index (Phi) is 32.8. The molecule has 2 fully saturated rings. The monoisotopic (exact) mass is 1440 g/mol. The van der Waals surface area contributed by atoms with Crippen LogP contribution >= 0.6 is 0 Å². The van der Waals surface area contributed by atoms with Crippen LogP contribution in [0.15, 0.2) is 75.8 Å². The Morgan fingerprint density at radius 3 is 1.50 bits per heavy atom. The van der Waals surface area contributed by atoms with Crippen LogP contribution in [-0.2, 0) is 75.2 Å². The third-order valence-corrected chi connectivity index (χ3v) is 16.9. The number of primary amides is 1. The summed E-state index contributed by atoms with van der Waals surface area (Å²) in [4.78, 5) is 197. The molecule has 0 bridgehead atoms. The predicted molar refractivity (Wildman–Crippen MR) is 377 cm³/mol. The second-order valence-electron chi connectivity index (χ2n) is 25.1. The summed E-state index contributed by atoms with van der Waals surface area (Å²) < 4.78 is 0. The number of carbonyl (C=O) groups excluding carboxylic acids is 13. The number of aromatic nitrogens is 1. The van der Waals surface area contributed by atoms with E-state index in [0.717, 1.165) is 6.92 Å². The van der Waals surface area contributed by atoms with Crippen molar-refractivity contribution in [3.8, 4) is 0 Å². The van der Waals surface area contributed by atoms with Crippen molar-refractivity contribution in [3.63, 3.8) is 0 Å². The van der Waals surface area contributed by atoms with E-state index in [9.17, 15) is 58.2 Å². The van der Waals surface area contributed by atoms with Crippen LogP contribution < -0.4 is 93.3 Å². The Labute approximate surface area is 594 Å². The second-order valence-corrected chi connectivity index (χ2v) is 25.1. The van der Waals surface area contributed by atoms with Crippen molar-refractivity contribution >= 4 is 106 Å². The van der Waals surface area contributed by atoms with Crippen molar-refractivity contribution in [2.75, 3.05) is 45.9 Å². The maximum Gasteiger partial charge on any atom is 0.246 e. The first-order valence-corrected chi connectivity index (χ1v) is 33.8. The standard InChI is InChI=1S/C65H99N23O15/c1-34(78-58(99)47(33-89)80-37(4)91)53(94)81-42(19-10-24-73-63(67)68)55(96)84-45(30-39-31-76-41-18-9-8-17-40(39)41)57(98)82-43(20-11-25-74-64(69)70)56(97)85-46(29-38-15-6-5-7-16-38)62(103)88-28-14-23-49(88)60(101)79-35(2)54(95)83-44(21-12-26-75-65(71)72)61(102)87-27-13-22-48(87)59(100)77-32-50(92)86-51(36(3)90)52(66)93/h5-9,15-18,31,34-36,42-49,51,76,89-90H,10-14,19-30,32-33H2,1-4H3,(H2,66,93)(H,77,100)(H,78,99)(H,79,101)(H,80,91)(H,81,94)(H,82,98)(H,83,95)(H,84,96)(H,85,97)(H,86,92)(H4,67,68,73)(H4,69,70,74)(H4,71,72,75)/t34-,35-,36+,42-,43-,44-,45-,46-,47-,48-,49-,51-/m0/s1. The SMILES string of the molecule is CC(=O)N[C@@H](CO)C(=O)N[C@@H](C)C(=O)N[C@@H](CCCN=C(N)N)C(=O)N[C@@H](Cc1c[nH]c2ccccc12)C(=O)N[C@@H](CCCN=C(N)N)C(=O)N[C@@H](Cc1ccccc1)C(=O)N1CCC[C@H]1C(=O)N[C@@H](C)C(=O)N[C@@H](CCCN=C(N)N)C(=O)N1CCC[C@H]1C(=O)NCC(=O)N[C@H](C(N)=O)[C@@H](C)O. The molecule has 3 aromatic rings. The number of aliphatic hydroxyl groups is 2. The molecule has 3 heterocycles. The van der Waals surface area contributed by atoms with Crippen LogP contribution in [0.5, 0.6) is 0 Å². The number of likely N-dealkylation sites (tertiary alicyclic amines) is 2. The van der Waals surface area contributed by atoms with E-state index in [0.29, 0.717) is 34.9 Å². The Hall–Kier alpha value is -11.2. The van der Waals surface area contributed by atoms with Crippen molar-refractivity contribution in [2.24, 2.45) is 55.1 Å². The van der Waals surface area contributed by atoms with Gasteiger partial charge in [-0.05, 0) is 102 Å². The van der Waals surface area contributed by atoms with Gasteiger partial charge in [0.1, 0.15) is 66.5 Å². The third kappa shape index (κ3) is 26.4. The number of aliphatic hydroxyl groups excluding tert-OH is 2. The Balaban J connectivity index is 1.39. The molecular formula is C65H99N23O15. The minimum absolute atomic E-state index is 0.00467. The molecule has 0 saturated carbocycles. The first-order chi connectivity index (χ1) is 48.9. The van der Waals surface area contributed by atoms with Gasteiger partial charge >= 0.3 is 0 Å². The molecule has 38 heteroatoms. The highest BCUT2D eigenvalue weighted by Crippen LogP contribution is 2.24. The number of nitrogens with zero attached hydrogens (tertiary/aromatic N) is 5.